The molecule has 1 aromatic rings. The van der Waals surface area contributed by atoms with Gasteiger partial charge in [0.05, 0.1) is 6.10 Å². The van der Waals surface area contributed by atoms with E-state index in [1.165, 1.54) is 24.8 Å². The van der Waals surface area contributed by atoms with E-state index in [0.717, 1.165) is 5.75 Å². The van der Waals surface area contributed by atoms with Crippen LogP contribution in [0.3, 0.4) is 0 Å². The van der Waals surface area contributed by atoms with Crippen molar-refractivity contribution >= 4 is 15.9 Å². The van der Waals surface area contributed by atoms with Crippen LogP contribution in [0.25, 0.3) is 0 Å². The summed E-state index contributed by atoms with van der Waals surface area (Å²) in [6.07, 6.45) is 3.95. The third-order valence-electron chi connectivity index (χ3n) is 2.42. The maximum absolute atomic E-state index is 5.61. The molecular formula is C14H21BrO. The lowest BCUT2D eigenvalue weighted by atomic mass is 10.1. The summed E-state index contributed by atoms with van der Waals surface area (Å²) in [5.74, 6) is 0.953. The fourth-order valence-electron chi connectivity index (χ4n) is 1.58. The Labute approximate surface area is 107 Å². The molecule has 1 atom stereocenters. The van der Waals surface area contributed by atoms with Crippen molar-refractivity contribution in [2.24, 2.45) is 0 Å². The molecule has 1 rings (SSSR count). The summed E-state index contributed by atoms with van der Waals surface area (Å²) >= 11 is 3.72. The molecule has 90 valence electrons. The molecule has 0 amide bonds. The largest absolute Gasteiger partial charge is 0.491 e. The lowest BCUT2D eigenvalue weighted by Crippen LogP contribution is -2.05. The number of hydrogen-bond donors (Lipinski definition) is 0. The minimum absolute atomic E-state index is 0.241. The summed E-state index contributed by atoms with van der Waals surface area (Å²) < 4.78 is 5.61. The summed E-state index contributed by atoms with van der Waals surface area (Å²) in [6, 6.07) is 8.39. The van der Waals surface area contributed by atoms with Crippen LogP contribution < -0.4 is 4.74 Å². The van der Waals surface area contributed by atoms with Gasteiger partial charge < -0.3 is 4.74 Å². The van der Waals surface area contributed by atoms with E-state index in [0.29, 0.717) is 4.83 Å². The van der Waals surface area contributed by atoms with Gasteiger partial charge in [0.15, 0.2) is 0 Å². The first kappa shape index (κ1) is 13.6. The Hall–Kier alpha value is -0.500. The third kappa shape index (κ3) is 4.56. The molecule has 0 saturated heterocycles. The first-order valence-corrected chi connectivity index (χ1v) is 6.95. The minimum atomic E-state index is 0.241. The molecule has 0 aliphatic carbocycles. The van der Waals surface area contributed by atoms with Crippen molar-refractivity contribution in [1.29, 1.82) is 0 Å². The summed E-state index contributed by atoms with van der Waals surface area (Å²) in [7, 11) is 0. The molecule has 0 spiro atoms. The van der Waals surface area contributed by atoms with Crippen molar-refractivity contribution in [2.75, 3.05) is 0 Å². The second-order valence-corrected chi connectivity index (χ2v) is 5.45. The fraction of sp³-hybridized carbons (Fsp3) is 0.571. The summed E-state index contributed by atoms with van der Waals surface area (Å²) in [4.78, 5) is 0.473. The zero-order valence-corrected chi connectivity index (χ0v) is 12.0. The number of halogens is 1. The second kappa shape index (κ2) is 6.95. The summed E-state index contributed by atoms with van der Waals surface area (Å²) in [5.41, 5.74) is 1.34. The Morgan fingerprint density at radius 3 is 2.31 bits per heavy atom. The van der Waals surface area contributed by atoms with E-state index < -0.39 is 0 Å². The Morgan fingerprint density at radius 1 is 1.19 bits per heavy atom. The van der Waals surface area contributed by atoms with E-state index in [1.54, 1.807) is 0 Å². The molecule has 0 aliphatic rings. The van der Waals surface area contributed by atoms with Gasteiger partial charge in [-0.15, -0.1) is 0 Å². The molecule has 0 fully saturated rings. The Bertz CT molecular complexity index is 292. The molecule has 1 aromatic carbocycles. The highest BCUT2D eigenvalue weighted by molar-refractivity contribution is 9.09. The van der Waals surface area contributed by atoms with Crippen molar-refractivity contribution in [1.82, 2.24) is 0 Å². The van der Waals surface area contributed by atoms with Crippen LogP contribution in [-0.2, 0) is 0 Å². The molecule has 2 heteroatoms. The molecule has 0 radical (unpaired) electrons. The van der Waals surface area contributed by atoms with Gasteiger partial charge in [0.1, 0.15) is 5.75 Å². The fourth-order valence-corrected chi connectivity index (χ4v) is 2.21. The maximum atomic E-state index is 5.61. The number of benzene rings is 1. The van der Waals surface area contributed by atoms with Crippen LogP contribution in [0.15, 0.2) is 24.3 Å². The van der Waals surface area contributed by atoms with Crippen molar-refractivity contribution in [2.45, 2.75) is 51.0 Å². The summed E-state index contributed by atoms with van der Waals surface area (Å²) in [5, 5.41) is 0. The van der Waals surface area contributed by atoms with Crippen LogP contribution >= 0.6 is 15.9 Å². The molecule has 0 heterocycles. The topological polar surface area (TPSA) is 9.23 Å². The van der Waals surface area contributed by atoms with Crippen molar-refractivity contribution in [3.05, 3.63) is 29.8 Å². The van der Waals surface area contributed by atoms with Crippen LogP contribution in [0.5, 0.6) is 5.75 Å². The van der Waals surface area contributed by atoms with Gasteiger partial charge >= 0.3 is 0 Å². The maximum Gasteiger partial charge on any atom is 0.119 e. The van der Waals surface area contributed by atoms with Crippen LogP contribution in [0.2, 0.25) is 0 Å². The van der Waals surface area contributed by atoms with E-state index >= 15 is 0 Å². The highest BCUT2D eigenvalue weighted by Crippen LogP contribution is 2.29. The van der Waals surface area contributed by atoms with Crippen LogP contribution in [-0.4, -0.2) is 6.10 Å². The molecule has 16 heavy (non-hydrogen) atoms. The quantitative estimate of drug-likeness (QED) is 0.661. The number of hydrogen-bond acceptors (Lipinski definition) is 1. The average Bonchev–Trinajstić information content (AvgIpc) is 2.26. The molecule has 0 aromatic heterocycles. The van der Waals surface area contributed by atoms with Crippen molar-refractivity contribution in [3.8, 4) is 5.75 Å². The predicted octanol–water partition coefficient (Wildman–Crippen LogP) is 5.10. The van der Waals surface area contributed by atoms with Gasteiger partial charge in [-0.3, -0.25) is 0 Å². The van der Waals surface area contributed by atoms with Crippen LogP contribution in [0.1, 0.15) is 50.4 Å². The van der Waals surface area contributed by atoms with Gasteiger partial charge in [-0.1, -0.05) is 47.8 Å². The molecule has 0 bridgehead atoms. The van der Waals surface area contributed by atoms with Crippen LogP contribution in [0, 0.1) is 0 Å². The zero-order chi connectivity index (χ0) is 12.0. The van der Waals surface area contributed by atoms with E-state index in [9.17, 15) is 0 Å². The predicted molar refractivity (Wildman–Crippen MR) is 73.4 cm³/mol. The van der Waals surface area contributed by atoms with E-state index in [2.05, 4.69) is 47.1 Å². The lowest BCUT2D eigenvalue weighted by molar-refractivity contribution is 0.242. The van der Waals surface area contributed by atoms with E-state index in [1.807, 2.05) is 13.8 Å². The normalized spacial score (nSPS) is 12.8. The lowest BCUT2D eigenvalue weighted by Gasteiger charge is -2.12. The molecule has 0 saturated carbocycles. The Kier molecular flexibility index (Phi) is 5.89. The highest BCUT2D eigenvalue weighted by Gasteiger charge is 2.06. The van der Waals surface area contributed by atoms with Crippen molar-refractivity contribution < 1.29 is 4.74 Å². The zero-order valence-electron chi connectivity index (χ0n) is 10.4. The Balaban J connectivity index is 2.56. The van der Waals surface area contributed by atoms with Gasteiger partial charge in [-0.2, -0.15) is 0 Å². The second-order valence-electron chi connectivity index (χ2n) is 4.35. The van der Waals surface area contributed by atoms with Gasteiger partial charge in [-0.25, -0.2) is 0 Å². The smallest absolute Gasteiger partial charge is 0.119 e. The highest BCUT2D eigenvalue weighted by atomic mass is 79.9. The number of alkyl halides is 1. The van der Waals surface area contributed by atoms with Gasteiger partial charge in [-0.05, 0) is 38.0 Å². The Morgan fingerprint density at radius 2 is 1.81 bits per heavy atom. The third-order valence-corrected chi connectivity index (χ3v) is 3.41. The van der Waals surface area contributed by atoms with Gasteiger partial charge in [0.2, 0.25) is 0 Å². The SMILES string of the molecule is CCCCC(Br)c1ccc(OC(C)C)cc1. The monoisotopic (exact) mass is 284 g/mol. The molecule has 1 nitrogen and oxygen atoms in total. The molecule has 0 aliphatic heterocycles. The summed E-state index contributed by atoms with van der Waals surface area (Å²) in [6.45, 7) is 6.31. The molecule has 0 N–H and O–H groups in total. The van der Waals surface area contributed by atoms with Gasteiger partial charge in [0, 0.05) is 4.83 Å². The number of ether oxygens (including phenoxy) is 1. The molecule has 1 unspecified atom stereocenters. The van der Waals surface area contributed by atoms with E-state index in [-0.39, 0.29) is 6.10 Å². The minimum Gasteiger partial charge on any atom is -0.491 e. The number of unbranched alkanes of at least 4 members (excludes halogenated alkanes) is 1. The van der Waals surface area contributed by atoms with Crippen molar-refractivity contribution in [3.63, 3.8) is 0 Å². The van der Waals surface area contributed by atoms with Crippen LogP contribution in [0.4, 0.5) is 0 Å². The average molecular weight is 285 g/mol. The van der Waals surface area contributed by atoms with Gasteiger partial charge in [0.25, 0.3) is 0 Å². The van der Waals surface area contributed by atoms with E-state index in [4.69, 9.17) is 4.74 Å². The number of rotatable bonds is 6. The first-order chi connectivity index (χ1) is 7.63. The first-order valence-electron chi connectivity index (χ1n) is 6.04. The standard InChI is InChI=1S/C14H21BrO/c1-4-5-6-14(15)12-7-9-13(10-8-12)16-11(2)3/h7-11,14H,4-6H2,1-3H3. The molecular weight excluding hydrogens is 264 g/mol.